The Labute approximate surface area is 41.3 Å². The molecule has 0 atom stereocenters. The first kappa shape index (κ1) is 5.80. The summed E-state index contributed by atoms with van der Waals surface area (Å²) in [4.78, 5) is 4.75. The zero-order valence-electron chi connectivity index (χ0n) is 4.15. The molecule has 1 radical (unpaired) electrons. The molecule has 0 fully saturated rings. The van der Waals surface area contributed by atoms with Gasteiger partial charge in [0.15, 0.2) is 0 Å². The minimum atomic E-state index is -0.804. The Bertz CT molecular complexity index is 17.6. The fraction of sp³-hybridized carbons (Fsp3) is 0.750. The maximum absolute atomic E-state index is 2.38. The molecule has 0 aromatic carbocycles. The van der Waals surface area contributed by atoms with Crippen molar-refractivity contribution in [2.75, 3.05) is 0 Å². The van der Waals surface area contributed by atoms with E-state index in [-0.39, 0.29) is 0 Å². The summed E-state index contributed by atoms with van der Waals surface area (Å²) in [6.07, 6.45) is 0. The first-order chi connectivity index (χ1) is 2.27. The van der Waals surface area contributed by atoms with E-state index in [1.165, 1.54) is 0 Å². The molecule has 1 heteroatoms. The van der Waals surface area contributed by atoms with Gasteiger partial charge in [-0.25, -0.2) is 0 Å². The number of hydrogen-bond acceptors (Lipinski definition) is 0. The van der Waals surface area contributed by atoms with Gasteiger partial charge < -0.3 is 0 Å². The third kappa shape index (κ3) is 4.80. The van der Waals surface area contributed by atoms with Crippen molar-refractivity contribution in [1.82, 2.24) is 0 Å². The maximum atomic E-state index is 2.38. The van der Waals surface area contributed by atoms with Crippen LogP contribution in [-0.4, -0.2) is 19.8 Å². The molecular formula is C4H11Sn. The second-order valence-corrected chi connectivity index (χ2v) is 10.6. The van der Waals surface area contributed by atoms with E-state index in [1.54, 1.807) is 0 Å². The van der Waals surface area contributed by atoms with Crippen molar-refractivity contribution in [3.63, 3.8) is 0 Å². The minimum absolute atomic E-state index is 0.804. The number of hydrogen-bond donors (Lipinski definition) is 0. The summed E-state index contributed by atoms with van der Waals surface area (Å²) in [5.41, 5.74) is 0. The molecule has 0 bridgehead atoms. The molecule has 0 aliphatic rings. The van der Waals surface area contributed by atoms with E-state index in [4.69, 9.17) is 0 Å². The van der Waals surface area contributed by atoms with Gasteiger partial charge in [-0.3, -0.25) is 0 Å². The summed E-state index contributed by atoms with van der Waals surface area (Å²) in [5, 5.41) is 0. The molecule has 0 spiro atoms. The van der Waals surface area contributed by atoms with Crippen molar-refractivity contribution >= 4 is 19.8 Å². The van der Waals surface area contributed by atoms with Crippen molar-refractivity contribution in [3.8, 4) is 0 Å². The average Bonchev–Trinajstić information content (AvgIpc) is 1.38. The van der Waals surface area contributed by atoms with Crippen LogP contribution in [0.25, 0.3) is 0 Å². The predicted octanol–water partition coefficient (Wildman–Crippen LogP) is 1.24. The van der Waals surface area contributed by atoms with E-state index in [1.807, 2.05) is 0 Å². The Morgan fingerprint density at radius 2 is 1.60 bits per heavy atom. The van der Waals surface area contributed by atoms with Crippen molar-refractivity contribution < 1.29 is 0 Å². The summed E-state index contributed by atoms with van der Waals surface area (Å²) in [5.74, 6) is 0. The zero-order chi connectivity index (χ0) is 4.28. The molecule has 31 valence electrons. The van der Waals surface area contributed by atoms with Crippen LogP contribution in [0.15, 0.2) is 0 Å². The third-order valence-corrected chi connectivity index (χ3v) is 4.47. The van der Waals surface area contributed by atoms with Gasteiger partial charge in [0.1, 0.15) is 0 Å². The Morgan fingerprint density at radius 1 is 1.40 bits per heavy atom. The van der Waals surface area contributed by atoms with Crippen molar-refractivity contribution in [2.45, 2.75) is 16.8 Å². The van der Waals surface area contributed by atoms with Crippen LogP contribution in [0.5, 0.6) is 0 Å². The molecule has 0 nitrogen and oxygen atoms in total. The van der Waals surface area contributed by atoms with Crippen molar-refractivity contribution in [2.24, 2.45) is 0 Å². The Balaban J connectivity index is 2.54. The fourth-order valence-electron chi connectivity index (χ4n) is 0. The zero-order valence-corrected chi connectivity index (χ0v) is 7.45. The Morgan fingerprint density at radius 3 is 1.60 bits per heavy atom. The van der Waals surface area contributed by atoms with Crippen LogP contribution < -0.4 is 0 Å². The van der Waals surface area contributed by atoms with Crippen LogP contribution in [-0.2, 0) is 0 Å². The SMILES string of the molecule is C[CH][SnH]([CH3])[CH3]. The predicted molar refractivity (Wildman–Crippen MR) is 28.9 cm³/mol. The fourth-order valence-corrected chi connectivity index (χ4v) is 0. The van der Waals surface area contributed by atoms with E-state index in [9.17, 15) is 0 Å². The first-order valence-corrected chi connectivity index (χ1v) is 10.6. The second-order valence-electron chi connectivity index (χ2n) is 1.58. The van der Waals surface area contributed by atoms with E-state index in [0.29, 0.717) is 0 Å². The molecule has 0 saturated carbocycles. The Kier molecular flexibility index (Phi) is 3.49. The van der Waals surface area contributed by atoms with Gasteiger partial charge in [-0.15, -0.1) is 0 Å². The van der Waals surface area contributed by atoms with Crippen molar-refractivity contribution in [3.05, 3.63) is 4.44 Å². The van der Waals surface area contributed by atoms with Crippen LogP contribution >= 0.6 is 0 Å². The molecule has 5 heavy (non-hydrogen) atoms. The van der Waals surface area contributed by atoms with Gasteiger partial charge in [-0.1, -0.05) is 0 Å². The molecule has 0 unspecified atom stereocenters. The van der Waals surface area contributed by atoms with Crippen LogP contribution in [0.2, 0.25) is 9.88 Å². The molecule has 0 aliphatic carbocycles. The summed E-state index contributed by atoms with van der Waals surface area (Å²) in [6, 6.07) is 0. The standard InChI is InChI=1S/C2H4.2CH3.Sn.H/c1-2;;;;/h1H,2H3;2*1H3;;. The molecule has 0 rings (SSSR count). The van der Waals surface area contributed by atoms with Crippen LogP contribution in [0.3, 0.4) is 0 Å². The van der Waals surface area contributed by atoms with E-state index < -0.39 is 19.8 Å². The van der Waals surface area contributed by atoms with Gasteiger partial charge in [0, 0.05) is 0 Å². The molecule has 0 saturated heterocycles. The summed E-state index contributed by atoms with van der Waals surface area (Å²) >= 11 is -0.804. The number of rotatable bonds is 1. The van der Waals surface area contributed by atoms with E-state index >= 15 is 0 Å². The van der Waals surface area contributed by atoms with E-state index in [2.05, 4.69) is 21.2 Å². The van der Waals surface area contributed by atoms with Gasteiger partial charge in [-0.05, 0) is 0 Å². The first-order valence-electron chi connectivity index (χ1n) is 2.07. The quantitative estimate of drug-likeness (QED) is 0.529. The van der Waals surface area contributed by atoms with Crippen LogP contribution in [0.1, 0.15) is 6.92 Å². The molecule has 0 aromatic heterocycles. The monoisotopic (exact) mass is 179 g/mol. The van der Waals surface area contributed by atoms with Gasteiger partial charge in [0.2, 0.25) is 0 Å². The summed E-state index contributed by atoms with van der Waals surface area (Å²) in [7, 11) is 0. The van der Waals surface area contributed by atoms with E-state index in [0.717, 1.165) is 0 Å². The van der Waals surface area contributed by atoms with Crippen LogP contribution in [0, 0.1) is 4.44 Å². The molecule has 0 aromatic rings. The molecule has 0 heterocycles. The molecule has 0 aliphatic heterocycles. The van der Waals surface area contributed by atoms with Gasteiger partial charge in [0.05, 0.1) is 0 Å². The second kappa shape index (κ2) is 3.01. The Hall–Kier alpha value is 0.799. The van der Waals surface area contributed by atoms with Gasteiger partial charge in [0.25, 0.3) is 0 Å². The molecule has 0 N–H and O–H groups in total. The molecule has 0 amide bonds. The third-order valence-electron chi connectivity index (χ3n) is 0.667. The van der Waals surface area contributed by atoms with Crippen LogP contribution in [0.4, 0.5) is 0 Å². The average molecular weight is 178 g/mol. The van der Waals surface area contributed by atoms with Crippen molar-refractivity contribution in [1.29, 1.82) is 0 Å². The normalized spacial score (nSPS) is 9.60. The molecular weight excluding hydrogens is 167 g/mol. The van der Waals surface area contributed by atoms with Gasteiger partial charge in [-0.2, -0.15) is 0 Å². The summed E-state index contributed by atoms with van der Waals surface area (Å²) < 4.78 is 2.38. The summed E-state index contributed by atoms with van der Waals surface area (Å²) in [6.45, 7) is 2.17. The topological polar surface area (TPSA) is 0 Å². The van der Waals surface area contributed by atoms with Gasteiger partial charge >= 0.3 is 41.0 Å².